The van der Waals surface area contributed by atoms with E-state index in [0.29, 0.717) is 22.8 Å². The van der Waals surface area contributed by atoms with Crippen LogP contribution in [0.4, 0.5) is 0 Å². The second-order valence-corrected chi connectivity index (χ2v) is 4.44. The Morgan fingerprint density at radius 1 is 1.50 bits per heavy atom. The fraction of sp³-hybridized carbons (Fsp3) is 0.500. The molecule has 2 atom stereocenters. The molecule has 0 bridgehead atoms. The summed E-state index contributed by atoms with van der Waals surface area (Å²) in [6, 6.07) is 4.96. The van der Waals surface area contributed by atoms with E-state index in [1.807, 2.05) is 0 Å². The molecule has 90 valence electrons. The third kappa shape index (κ3) is 2.67. The summed E-state index contributed by atoms with van der Waals surface area (Å²) in [6.07, 6.45) is -0.588. The van der Waals surface area contributed by atoms with E-state index < -0.39 is 11.7 Å². The highest BCUT2D eigenvalue weighted by molar-refractivity contribution is 6.30. The van der Waals surface area contributed by atoms with Gasteiger partial charge in [-0.15, -0.1) is 0 Å². The number of benzene rings is 1. The van der Waals surface area contributed by atoms with Gasteiger partial charge in [0.15, 0.2) is 0 Å². The third-order valence-electron chi connectivity index (χ3n) is 2.79. The van der Waals surface area contributed by atoms with Gasteiger partial charge in [-0.25, -0.2) is 0 Å². The Morgan fingerprint density at radius 3 is 2.62 bits per heavy atom. The average molecular weight is 245 g/mol. The molecule has 0 heterocycles. The Morgan fingerprint density at radius 2 is 2.12 bits per heavy atom. The molecule has 0 radical (unpaired) electrons. The minimum absolute atomic E-state index is 0.434. The van der Waals surface area contributed by atoms with E-state index in [1.54, 1.807) is 32.0 Å². The van der Waals surface area contributed by atoms with E-state index in [9.17, 15) is 10.2 Å². The van der Waals surface area contributed by atoms with Crippen LogP contribution in [0.1, 0.15) is 31.9 Å². The van der Waals surface area contributed by atoms with Crippen molar-refractivity contribution in [3.63, 3.8) is 0 Å². The zero-order valence-corrected chi connectivity index (χ0v) is 10.5. The lowest BCUT2D eigenvalue weighted by Gasteiger charge is -2.29. The number of rotatable bonds is 4. The summed E-state index contributed by atoms with van der Waals surface area (Å²) in [6.45, 7) is 3.39. The van der Waals surface area contributed by atoms with Gasteiger partial charge in [0.05, 0.1) is 12.7 Å². The summed E-state index contributed by atoms with van der Waals surface area (Å²) < 4.78 is 5.13. The number of aliphatic hydroxyl groups is 2. The van der Waals surface area contributed by atoms with Crippen molar-refractivity contribution < 1.29 is 14.9 Å². The maximum atomic E-state index is 10.1. The van der Waals surface area contributed by atoms with Crippen molar-refractivity contribution in [3.05, 3.63) is 28.8 Å². The molecular weight excluding hydrogens is 228 g/mol. The predicted octanol–water partition coefficient (Wildman–Crippen LogP) is 2.54. The first-order valence-electron chi connectivity index (χ1n) is 5.16. The third-order valence-corrected chi connectivity index (χ3v) is 3.03. The SMILES string of the molecule is CCC(C)(O)C(O)c1cc(Cl)ccc1OC. The summed E-state index contributed by atoms with van der Waals surface area (Å²) in [5.41, 5.74) is -0.695. The van der Waals surface area contributed by atoms with Crippen LogP contribution in [0.3, 0.4) is 0 Å². The van der Waals surface area contributed by atoms with Crippen LogP contribution in [0.2, 0.25) is 5.02 Å². The lowest BCUT2D eigenvalue weighted by atomic mass is 9.90. The van der Waals surface area contributed by atoms with E-state index >= 15 is 0 Å². The molecule has 1 aromatic carbocycles. The topological polar surface area (TPSA) is 49.7 Å². The largest absolute Gasteiger partial charge is 0.496 e. The van der Waals surface area contributed by atoms with E-state index in [4.69, 9.17) is 16.3 Å². The Hall–Kier alpha value is -0.770. The first-order chi connectivity index (χ1) is 7.42. The highest BCUT2D eigenvalue weighted by Crippen LogP contribution is 2.35. The lowest BCUT2D eigenvalue weighted by Crippen LogP contribution is -2.32. The molecule has 0 fully saturated rings. The molecule has 1 aromatic rings. The quantitative estimate of drug-likeness (QED) is 0.856. The van der Waals surface area contributed by atoms with Crippen LogP contribution in [0, 0.1) is 0 Å². The smallest absolute Gasteiger partial charge is 0.124 e. The summed E-state index contributed by atoms with van der Waals surface area (Å²) in [5, 5.41) is 20.6. The van der Waals surface area contributed by atoms with Gasteiger partial charge in [-0.1, -0.05) is 18.5 Å². The average Bonchev–Trinajstić information content (AvgIpc) is 2.28. The molecule has 0 aliphatic heterocycles. The van der Waals surface area contributed by atoms with Gasteiger partial charge in [0.1, 0.15) is 11.9 Å². The second-order valence-electron chi connectivity index (χ2n) is 4.00. The van der Waals surface area contributed by atoms with E-state index in [-0.39, 0.29) is 0 Å². The molecule has 4 heteroatoms. The van der Waals surface area contributed by atoms with Crippen LogP contribution < -0.4 is 4.74 Å². The number of methoxy groups -OCH3 is 1. The summed E-state index contributed by atoms with van der Waals surface area (Å²) in [4.78, 5) is 0. The number of halogens is 1. The van der Waals surface area contributed by atoms with Crippen LogP contribution in [0.15, 0.2) is 18.2 Å². The molecule has 0 aliphatic rings. The van der Waals surface area contributed by atoms with Crippen molar-refractivity contribution in [2.45, 2.75) is 32.0 Å². The molecule has 0 saturated heterocycles. The molecule has 2 N–H and O–H groups in total. The standard InChI is InChI=1S/C12H17ClO3/c1-4-12(2,15)11(14)9-7-8(13)5-6-10(9)16-3/h5-7,11,14-15H,4H2,1-3H3. The minimum Gasteiger partial charge on any atom is -0.496 e. The van der Waals surface area contributed by atoms with E-state index in [1.165, 1.54) is 7.11 Å². The Balaban J connectivity index is 3.16. The molecule has 0 saturated carbocycles. The molecule has 0 spiro atoms. The van der Waals surface area contributed by atoms with E-state index in [2.05, 4.69) is 0 Å². The normalized spacial score (nSPS) is 16.6. The fourth-order valence-electron chi connectivity index (χ4n) is 1.45. The molecule has 16 heavy (non-hydrogen) atoms. The van der Waals surface area contributed by atoms with Crippen molar-refractivity contribution in [1.29, 1.82) is 0 Å². The number of hydrogen-bond donors (Lipinski definition) is 2. The molecule has 3 nitrogen and oxygen atoms in total. The van der Waals surface area contributed by atoms with Gasteiger partial charge >= 0.3 is 0 Å². The van der Waals surface area contributed by atoms with Crippen LogP contribution in [0.25, 0.3) is 0 Å². The molecule has 0 aromatic heterocycles. The highest BCUT2D eigenvalue weighted by Gasteiger charge is 2.31. The van der Waals surface area contributed by atoms with Crippen LogP contribution in [-0.2, 0) is 0 Å². The molecule has 0 amide bonds. The van der Waals surface area contributed by atoms with Crippen molar-refractivity contribution in [3.8, 4) is 5.75 Å². The van der Waals surface area contributed by atoms with Crippen molar-refractivity contribution in [2.75, 3.05) is 7.11 Å². The van der Waals surface area contributed by atoms with Gasteiger partial charge in [-0.3, -0.25) is 0 Å². The summed E-state index contributed by atoms with van der Waals surface area (Å²) in [5.74, 6) is 0.519. The molecule has 0 aliphatic carbocycles. The highest BCUT2D eigenvalue weighted by atomic mass is 35.5. The summed E-state index contributed by atoms with van der Waals surface area (Å²) in [7, 11) is 1.51. The Kier molecular flexibility index (Phi) is 4.19. The monoisotopic (exact) mass is 244 g/mol. The van der Waals surface area contributed by atoms with Gasteiger partial charge in [-0.2, -0.15) is 0 Å². The minimum atomic E-state index is -1.20. The van der Waals surface area contributed by atoms with Crippen molar-refractivity contribution in [1.82, 2.24) is 0 Å². The molecule has 2 unspecified atom stereocenters. The van der Waals surface area contributed by atoms with Crippen molar-refractivity contribution in [2.24, 2.45) is 0 Å². The van der Waals surface area contributed by atoms with Gasteiger partial charge in [0.2, 0.25) is 0 Å². The molecule has 1 rings (SSSR count). The predicted molar refractivity (Wildman–Crippen MR) is 63.9 cm³/mol. The zero-order valence-electron chi connectivity index (χ0n) is 9.70. The van der Waals surface area contributed by atoms with Crippen LogP contribution in [0.5, 0.6) is 5.75 Å². The number of ether oxygens (including phenoxy) is 1. The van der Waals surface area contributed by atoms with Gasteiger partial charge in [-0.05, 0) is 31.5 Å². The van der Waals surface area contributed by atoms with Crippen molar-refractivity contribution >= 4 is 11.6 Å². The van der Waals surface area contributed by atoms with Crippen LogP contribution in [-0.4, -0.2) is 22.9 Å². The fourth-order valence-corrected chi connectivity index (χ4v) is 1.63. The summed E-state index contributed by atoms with van der Waals surface area (Å²) >= 11 is 5.86. The maximum Gasteiger partial charge on any atom is 0.124 e. The number of hydrogen-bond acceptors (Lipinski definition) is 3. The first kappa shape index (κ1) is 13.3. The van der Waals surface area contributed by atoms with Gasteiger partial charge < -0.3 is 14.9 Å². The first-order valence-corrected chi connectivity index (χ1v) is 5.54. The second kappa shape index (κ2) is 5.04. The lowest BCUT2D eigenvalue weighted by molar-refractivity contribution is -0.0666. The number of aliphatic hydroxyl groups excluding tert-OH is 1. The Bertz CT molecular complexity index is 363. The Labute approximate surface area is 101 Å². The van der Waals surface area contributed by atoms with Crippen LogP contribution >= 0.6 is 11.6 Å². The molecular formula is C12H17ClO3. The van der Waals surface area contributed by atoms with Gasteiger partial charge in [0, 0.05) is 10.6 Å². The van der Waals surface area contributed by atoms with Gasteiger partial charge in [0.25, 0.3) is 0 Å². The van der Waals surface area contributed by atoms with E-state index in [0.717, 1.165) is 0 Å². The zero-order chi connectivity index (χ0) is 12.3. The maximum absolute atomic E-state index is 10.1.